The Bertz CT molecular complexity index is 400. The minimum absolute atomic E-state index is 0. The lowest BCUT2D eigenvalue weighted by atomic mass is 9.98. The van der Waals surface area contributed by atoms with Crippen molar-refractivity contribution in [1.82, 2.24) is 0 Å². The Morgan fingerprint density at radius 1 is 0.926 bits per heavy atom. The van der Waals surface area contributed by atoms with Gasteiger partial charge < -0.3 is 0 Å². The van der Waals surface area contributed by atoms with Crippen LogP contribution < -0.4 is 0 Å². The molecule has 27 heavy (non-hydrogen) atoms. The second-order valence-corrected chi connectivity index (χ2v) is 6.41. The van der Waals surface area contributed by atoms with Crippen molar-refractivity contribution in [2.24, 2.45) is 5.92 Å². The van der Waals surface area contributed by atoms with E-state index in [0.717, 1.165) is 5.92 Å². The van der Waals surface area contributed by atoms with Gasteiger partial charge >= 0.3 is 0 Å². The zero-order chi connectivity index (χ0) is 20.8. The van der Waals surface area contributed by atoms with Crippen LogP contribution in [0.5, 0.6) is 0 Å². The van der Waals surface area contributed by atoms with E-state index in [0.29, 0.717) is 0 Å². The third-order valence-corrected chi connectivity index (χ3v) is 4.26. The lowest BCUT2D eigenvalue weighted by molar-refractivity contribution is 0.482. The van der Waals surface area contributed by atoms with Gasteiger partial charge in [-0.25, -0.2) is 0 Å². The molecule has 0 saturated carbocycles. The van der Waals surface area contributed by atoms with Crippen LogP contribution in [-0.4, -0.2) is 0 Å². The van der Waals surface area contributed by atoms with Crippen molar-refractivity contribution in [2.75, 3.05) is 0 Å². The average molecular weight is 379 g/mol. The van der Waals surface area contributed by atoms with Crippen molar-refractivity contribution in [3.8, 4) is 0 Å². The maximum atomic E-state index is 2.34. The van der Waals surface area contributed by atoms with Gasteiger partial charge in [-0.05, 0) is 42.9 Å². The zero-order valence-electron chi connectivity index (χ0n) is 19.9. The first-order chi connectivity index (χ1) is 12.6. The van der Waals surface area contributed by atoms with Gasteiger partial charge in [-0.2, -0.15) is 0 Å². The minimum Gasteiger partial charge on any atom is -0.0870 e. The first-order valence-corrected chi connectivity index (χ1v) is 11.3. The highest BCUT2D eigenvalue weighted by atomic mass is 14.1. The Hall–Kier alpha value is -1.04. The summed E-state index contributed by atoms with van der Waals surface area (Å²) in [5.41, 5.74) is 4.26. The predicted octanol–water partition coefficient (Wildman–Crippen LogP) is 10.3. The van der Waals surface area contributed by atoms with Gasteiger partial charge in [0.25, 0.3) is 0 Å². The number of hydrogen-bond donors (Lipinski definition) is 0. The molecule has 0 amide bonds. The Kier molecular flexibility index (Phi) is 33.8. The number of rotatable bonds is 8. The normalized spacial score (nSPS) is 10.3. The van der Waals surface area contributed by atoms with Crippen LogP contribution in [-0.2, 0) is 6.42 Å². The molecule has 0 heterocycles. The second kappa shape index (κ2) is 27.2. The van der Waals surface area contributed by atoms with Crippen molar-refractivity contribution >= 4 is 6.08 Å². The molecule has 1 atom stereocenters. The van der Waals surface area contributed by atoms with Gasteiger partial charge in [0.05, 0.1) is 0 Å². The summed E-state index contributed by atoms with van der Waals surface area (Å²) >= 11 is 0. The fourth-order valence-corrected chi connectivity index (χ4v) is 2.58. The van der Waals surface area contributed by atoms with Crippen molar-refractivity contribution in [2.45, 2.75) is 122 Å². The summed E-state index contributed by atoms with van der Waals surface area (Å²) in [6.45, 7) is 21.3. The summed E-state index contributed by atoms with van der Waals surface area (Å²) in [6, 6.07) is 6.55. The molecule has 0 bridgehead atoms. The Morgan fingerprint density at radius 3 is 1.96 bits per heavy atom. The number of unbranched alkanes of at least 4 members (excludes halogenated alkanes) is 2. The molecule has 162 valence electrons. The summed E-state index contributed by atoms with van der Waals surface area (Å²) in [6.07, 6.45) is 13.7. The van der Waals surface area contributed by atoms with Gasteiger partial charge in [-0.3, -0.25) is 0 Å². The number of allylic oxidation sites excluding steroid dienone is 1. The largest absolute Gasteiger partial charge is 0.0870 e. The van der Waals surface area contributed by atoms with Crippen LogP contribution in [0.25, 0.3) is 6.08 Å². The van der Waals surface area contributed by atoms with Gasteiger partial charge in [0.15, 0.2) is 0 Å². The summed E-state index contributed by atoms with van der Waals surface area (Å²) in [5, 5.41) is 0. The van der Waals surface area contributed by atoms with Gasteiger partial charge in [0.2, 0.25) is 0 Å². The summed E-state index contributed by atoms with van der Waals surface area (Å²) in [5.74, 6) is 0.955. The third kappa shape index (κ3) is 19.5. The van der Waals surface area contributed by atoms with Crippen LogP contribution >= 0.6 is 0 Å². The molecule has 1 rings (SSSR count). The van der Waals surface area contributed by atoms with E-state index < -0.39 is 0 Å². The first kappa shape index (κ1) is 33.5. The van der Waals surface area contributed by atoms with E-state index in [-0.39, 0.29) is 7.43 Å². The molecular formula is C27H54. The van der Waals surface area contributed by atoms with Crippen LogP contribution in [0, 0.1) is 12.8 Å². The van der Waals surface area contributed by atoms with Crippen LogP contribution in [0.15, 0.2) is 24.3 Å². The highest BCUT2D eigenvalue weighted by Crippen LogP contribution is 2.17. The molecule has 0 spiro atoms. The molecule has 1 aromatic rings. The van der Waals surface area contributed by atoms with Gasteiger partial charge in [0, 0.05) is 0 Å². The highest BCUT2D eigenvalue weighted by Gasteiger charge is 2.00. The predicted molar refractivity (Wildman–Crippen MR) is 133 cm³/mol. The van der Waals surface area contributed by atoms with E-state index in [1.54, 1.807) is 0 Å². The van der Waals surface area contributed by atoms with Crippen molar-refractivity contribution < 1.29 is 0 Å². The van der Waals surface area contributed by atoms with Crippen LogP contribution in [0.4, 0.5) is 0 Å². The van der Waals surface area contributed by atoms with E-state index in [9.17, 15) is 0 Å². The average Bonchev–Trinajstić information content (AvgIpc) is 2.68. The molecule has 1 unspecified atom stereocenters. The van der Waals surface area contributed by atoms with Crippen molar-refractivity contribution in [1.29, 1.82) is 0 Å². The molecule has 0 aliphatic rings. The smallest absolute Gasteiger partial charge is 0.0199 e. The quantitative estimate of drug-likeness (QED) is 0.394. The van der Waals surface area contributed by atoms with Gasteiger partial charge in [0.1, 0.15) is 0 Å². The SMILES string of the molecule is C.C/C=C\c1c(C)cccc1CCC.CC.CC.CCCCCC(C)CC. The fourth-order valence-electron chi connectivity index (χ4n) is 2.58. The molecule has 0 aromatic heterocycles. The summed E-state index contributed by atoms with van der Waals surface area (Å²) in [7, 11) is 0. The van der Waals surface area contributed by atoms with Crippen molar-refractivity contribution in [3.63, 3.8) is 0 Å². The first-order valence-electron chi connectivity index (χ1n) is 11.3. The van der Waals surface area contributed by atoms with Crippen LogP contribution in [0.2, 0.25) is 0 Å². The molecule has 0 radical (unpaired) electrons. The second-order valence-electron chi connectivity index (χ2n) is 6.41. The Labute approximate surface area is 174 Å². The molecule has 0 nitrogen and oxygen atoms in total. The Balaban J connectivity index is -0.000000167. The molecule has 0 heteroatoms. The minimum atomic E-state index is 0. The summed E-state index contributed by atoms with van der Waals surface area (Å²) in [4.78, 5) is 0. The maximum absolute atomic E-state index is 2.34. The van der Waals surface area contributed by atoms with Crippen LogP contribution in [0.3, 0.4) is 0 Å². The standard InChI is InChI=1S/C13H18.C9H20.2C2H6.CH4/c1-4-7-12-10-6-9-11(3)13(12)8-5-2;1-4-6-7-8-9(3)5-2;2*1-2;/h5-6,8-10H,4,7H2,1-3H3;9H,4-8H2,1-3H3;2*1-2H3;1H4/b8-5-;;;;. The molecule has 0 saturated heterocycles. The van der Waals surface area contributed by atoms with Crippen LogP contribution in [0.1, 0.15) is 125 Å². The number of hydrogen-bond acceptors (Lipinski definition) is 0. The Morgan fingerprint density at radius 2 is 1.52 bits per heavy atom. The van der Waals surface area contributed by atoms with Gasteiger partial charge in [-0.15, -0.1) is 0 Å². The molecule has 0 aliphatic heterocycles. The van der Waals surface area contributed by atoms with E-state index in [2.05, 4.69) is 71.9 Å². The van der Waals surface area contributed by atoms with E-state index >= 15 is 0 Å². The molecule has 1 aromatic carbocycles. The maximum Gasteiger partial charge on any atom is -0.0199 e. The lowest BCUT2D eigenvalue weighted by Gasteiger charge is -2.07. The van der Waals surface area contributed by atoms with E-state index in [4.69, 9.17) is 0 Å². The fraction of sp³-hybridized carbons (Fsp3) is 0.704. The third-order valence-electron chi connectivity index (χ3n) is 4.26. The molecule has 0 fully saturated rings. The zero-order valence-corrected chi connectivity index (χ0v) is 19.9. The molecular weight excluding hydrogens is 324 g/mol. The molecule has 0 aliphatic carbocycles. The number of aryl methyl sites for hydroxylation is 2. The van der Waals surface area contributed by atoms with E-state index in [1.165, 1.54) is 61.6 Å². The monoisotopic (exact) mass is 378 g/mol. The highest BCUT2D eigenvalue weighted by molar-refractivity contribution is 5.57. The molecule has 0 N–H and O–H groups in total. The topological polar surface area (TPSA) is 0 Å². The van der Waals surface area contributed by atoms with Crippen molar-refractivity contribution in [3.05, 3.63) is 41.0 Å². The lowest BCUT2D eigenvalue weighted by Crippen LogP contribution is -1.91. The summed E-state index contributed by atoms with van der Waals surface area (Å²) < 4.78 is 0. The number of benzene rings is 1. The van der Waals surface area contributed by atoms with E-state index in [1.807, 2.05) is 27.7 Å². The van der Waals surface area contributed by atoms with Gasteiger partial charge in [-0.1, -0.05) is 132 Å².